The highest BCUT2D eigenvalue weighted by Crippen LogP contribution is 2.23. The highest BCUT2D eigenvalue weighted by Gasteiger charge is 2.12. The Bertz CT molecular complexity index is 997. The van der Waals surface area contributed by atoms with Crippen molar-refractivity contribution >= 4 is 43.8 Å². The van der Waals surface area contributed by atoms with Gasteiger partial charge in [0, 0.05) is 15.1 Å². The van der Waals surface area contributed by atoms with Gasteiger partial charge in [0.25, 0.3) is 10.0 Å². The van der Waals surface area contributed by atoms with E-state index < -0.39 is 10.0 Å². The number of hydrogen-bond acceptors (Lipinski definition) is 4. The van der Waals surface area contributed by atoms with Crippen molar-refractivity contribution in [1.29, 1.82) is 0 Å². The molecule has 0 unspecified atom stereocenters. The van der Waals surface area contributed by atoms with Crippen LogP contribution in [0, 0.1) is 0 Å². The standard InChI is InChI=1S/C17H12BrClN2O3S/c18-13-3-1-12(2-4-13)17-10-7-15(24-17)11-20-21-25(22,23)16-8-5-14(19)6-9-16/h1-11,21H. The van der Waals surface area contributed by atoms with Crippen molar-refractivity contribution in [1.82, 2.24) is 4.83 Å². The highest BCUT2D eigenvalue weighted by molar-refractivity contribution is 9.10. The Balaban J connectivity index is 1.70. The third-order valence-corrected chi connectivity index (χ3v) is 5.26. The monoisotopic (exact) mass is 438 g/mol. The Morgan fingerprint density at radius 2 is 1.68 bits per heavy atom. The van der Waals surface area contributed by atoms with E-state index in [1.54, 1.807) is 12.1 Å². The van der Waals surface area contributed by atoms with Crippen LogP contribution in [0.2, 0.25) is 5.02 Å². The van der Waals surface area contributed by atoms with Gasteiger partial charge >= 0.3 is 0 Å². The van der Waals surface area contributed by atoms with Gasteiger partial charge in [0.2, 0.25) is 0 Å². The molecule has 0 amide bonds. The second kappa shape index (κ2) is 7.43. The fraction of sp³-hybridized carbons (Fsp3) is 0. The molecule has 1 aromatic heterocycles. The average molecular weight is 440 g/mol. The van der Waals surface area contributed by atoms with E-state index in [9.17, 15) is 8.42 Å². The van der Waals surface area contributed by atoms with Gasteiger partial charge in [-0.3, -0.25) is 0 Å². The number of halogens is 2. The molecular formula is C17H12BrClN2O3S. The van der Waals surface area contributed by atoms with Crippen LogP contribution in [0.4, 0.5) is 0 Å². The van der Waals surface area contributed by atoms with E-state index in [1.807, 2.05) is 24.3 Å². The lowest BCUT2D eigenvalue weighted by Crippen LogP contribution is -2.18. The van der Waals surface area contributed by atoms with Crippen molar-refractivity contribution in [3.8, 4) is 11.3 Å². The van der Waals surface area contributed by atoms with Gasteiger partial charge in [0.05, 0.1) is 11.1 Å². The summed E-state index contributed by atoms with van der Waals surface area (Å²) in [4.78, 5) is 2.21. The van der Waals surface area contributed by atoms with Gasteiger partial charge in [-0.05, 0) is 48.5 Å². The molecule has 0 spiro atoms. The van der Waals surface area contributed by atoms with Crippen LogP contribution >= 0.6 is 27.5 Å². The highest BCUT2D eigenvalue weighted by atomic mass is 79.9. The molecule has 5 nitrogen and oxygen atoms in total. The molecule has 3 aromatic rings. The minimum absolute atomic E-state index is 0.0732. The smallest absolute Gasteiger partial charge is 0.276 e. The molecule has 2 aromatic carbocycles. The largest absolute Gasteiger partial charge is 0.455 e. The molecule has 0 radical (unpaired) electrons. The number of benzene rings is 2. The first-order chi connectivity index (χ1) is 11.9. The molecule has 8 heteroatoms. The Kier molecular flexibility index (Phi) is 5.27. The van der Waals surface area contributed by atoms with Gasteiger partial charge in [-0.15, -0.1) is 0 Å². The zero-order valence-corrected chi connectivity index (χ0v) is 15.8. The second-order valence-corrected chi connectivity index (χ2v) is 8.03. The number of hydrogen-bond donors (Lipinski definition) is 1. The van der Waals surface area contributed by atoms with Crippen LogP contribution in [0.1, 0.15) is 5.76 Å². The maximum absolute atomic E-state index is 12.1. The minimum atomic E-state index is -3.75. The second-order valence-electron chi connectivity index (χ2n) is 5.02. The third kappa shape index (κ3) is 4.50. The normalized spacial score (nSPS) is 11.8. The topological polar surface area (TPSA) is 71.7 Å². The number of sulfonamides is 1. The predicted octanol–water partition coefficient (Wildman–Crippen LogP) is 4.67. The van der Waals surface area contributed by atoms with Crippen LogP contribution in [0.15, 0.2) is 79.6 Å². The van der Waals surface area contributed by atoms with E-state index >= 15 is 0 Å². The van der Waals surface area contributed by atoms with E-state index in [2.05, 4.69) is 25.9 Å². The van der Waals surface area contributed by atoms with Crippen LogP contribution in [0.25, 0.3) is 11.3 Å². The van der Waals surface area contributed by atoms with Crippen molar-refractivity contribution in [2.45, 2.75) is 4.90 Å². The van der Waals surface area contributed by atoms with E-state index in [-0.39, 0.29) is 4.90 Å². The Morgan fingerprint density at radius 3 is 2.36 bits per heavy atom. The van der Waals surface area contributed by atoms with E-state index in [0.717, 1.165) is 10.0 Å². The van der Waals surface area contributed by atoms with Crippen molar-refractivity contribution in [2.24, 2.45) is 5.10 Å². The fourth-order valence-electron chi connectivity index (χ4n) is 2.02. The fourth-order valence-corrected chi connectivity index (χ4v) is 3.20. The first kappa shape index (κ1) is 17.7. The molecule has 1 heterocycles. The summed E-state index contributed by atoms with van der Waals surface area (Å²) in [5.74, 6) is 1.09. The van der Waals surface area contributed by atoms with E-state index in [1.165, 1.54) is 30.5 Å². The van der Waals surface area contributed by atoms with Crippen LogP contribution in [-0.4, -0.2) is 14.6 Å². The lowest BCUT2D eigenvalue weighted by molar-refractivity contribution is 0.573. The summed E-state index contributed by atoms with van der Waals surface area (Å²) < 4.78 is 30.8. The first-order valence-electron chi connectivity index (χ1n) is 7.10. The molecule has 3 rings (SSSR count). The van der Waals surface area contributed by atoms with Gasteiger partial charge in [-0.25, -0.2) is 0 Å². The van der Waals surface area contributed by atoms with Crippen LogP contribution in [0.5, 0.6) is 0 Å². The molecular weight excluding hydrogens is 428 g/mol. The van der Waals surface area contributed by atoms with Gasteiger partial charge < -0.3 is 4.42 Å². The summed E-state index contributed by atoms with van der Waals surface area (Å²) >= 11 is 9.12. The minimum Gasteiger partial charge on any atom is -0.455 e. The molecule has 0 atom stereocenters. The zero-order chi connectivity index (χ0) is 17.9. The quantitative estimate of drug-likeness (QED) is 0.464. The molecule has 0 fully saturated rings. The van der Waals surface area contributed by atoms with Crippen molar-refractivity contribution in [3.63, 3.8) is 0 Å². The van der Waals surface area contributed by atoms with Crippen LogP contribution < -0.4 is 4.83 Å². The maximum Gasteiger partial charge on any atom is 0.276 e. The van der Waals surface area contributed by atoms with Crippen molar-refractivity contribution < 1.29 is 12.8 Å². The summed E-state index contributed by atoms with van der Waals surface area (Å²) in [5, 5.41) is 4.19. The maximum atomic E-state index is 12.1. The molecule has 1 N–H and O–H groups in total. The Labute approximate surface area is 158 Å². The molecule has 25 heavy (non-hydrogen) atoms. The van der Waals surface area contributed by atoms with Crippen LogP contribution in [-0.2, 0) is 10.0 Å². The molecule has 0 saturated carbocycles. The Hall–Kier alpha value is -2.09. The summed E-state index contributed by atoms with van der Waals surface area (Å²) in [6.07, 6.45) is 1.30. The summed E-state index contributed by atoms with van der Waals surface area (Å²) in [6.45, 7) is 0. The summed E-state index contributed by atoms with van der Waals surface area (Å²) in [5.41, 5.74) is 0.907. The lowest BCUT2D eigenvalue weighted by atomic mass is 10.2. The molecule has 0 aliphatic carbocycles. The van der Waals surface area contributed by atoms with Crippen LogP contribution in [0.3, 0.4) is 0 Å². The molecule has 0 aliphatic rings. The third-order valence-electron chi connectivity index (χ3n) is 3.24. The summed E-state index contributed by atoms with van der Waals surface area (Å²) in [6, 6.07) is 16.9. The van der Waals surface area contributed by atoms with Crippen molar-refractivity contribution in [2.75, 3.05) is 0 Å². The zero-order valence-electron chi connectivity index (χ0n) is 12.7. The van der Waals surface area contributed by atoms with E-state index in [4.69, 9.17) is 16.0 Å². The SMILES string of the molecule is O=S(=O)(NN=Cc1ccc(-c2ccc(Br)cc2)o1)c1ccc(Cl)cc1. The predicted molar refractivity (Wildman–Crippen MR) is 101 cm³/mol. The molecule has 0 bridgehead atoms. The number of furan rings is 1. The Morgan fingerprint density at radius 1 is 1.00 bits per heavy atom. The summed E-state index contributed by atoms with van der Waals surface area (Å²) in [7, 11) is -3.75. The number of hydrazone groups is 1. The van der Waals surface area contributed by atoms with E-state index in [0.29, 0.717) is 16.5 Å². The van der Waals surface area contributed by atoms with Gasteiger partial charge in [-0.2, -0.15) is 18.4 Å². The number of rotatable bonds is 5. The number of nitrogens with one attached hydrogen (secondary N) is 1. The van der Waals surface area contributed by atoms with Gasteiger partial charge in [0.15, 0.2) is 0 Å². The van der Waals surface area contributed by atoms with Crippen molar-refractivity contribution in [3.05, 3.63) is 75.9 Å². The number of nitrogens with zero attached hydrogens (tertiary/aromatic N) is 1. The molecule has 0 aliphatic heterocycles. The first-order valence-corrected chi connectivity index (χ1v) is 9.76. The lowest BCUT2D eigenvalue weighted by Gasteiger charge is -2.02. The average Bonchev–Trinajstić information content (AvgIpc) is 3.04. The van der Waals surface area contributed by atoms with Gasteiger partial charge in [0.1, 0.15) is 11.5 Å². The molecule has 128 valence electrons. The van der Waals surface area contributed by atoms with Gasteiger partial charge in [-0.1, -0.05) is 39.7 Å². The molecule has 0 saturated heterocycles.